The second-order valence-corrected chi connectivity index (χ2v) is 4.26. The Balaban J connectivity index is 2.62. The topological polar surface area (TPSA) is 47.1 Å². The number of benzene rings is 1. The van der Waals surface area contributed by atoms with Gasteiger partial charge >= 0.3 is 0 Å². The van der Waals surface area contributed by atoms with Crippen LogP contribution in [0.5, 0.6) is 11.5 Å². The summed E-state index contributed by atoms with van der Waals surface area (Å²) in [6.45, 7) is 0. The van der Waals surface area contributed by atoms with Gasteiger partial charge in [-0.2, -0.15) is 0 Å². The van der Waals surface area contributed by atoms with Crippen molar-refractivity contribution in [2.24, 2.45) is 0 Å². The first-order chi connectivity index (χ1) is 8.67. The number of methoxy groups -OCH3 is 2. The number of aromatic amines is 1. The van der Waals surface area contributed by atoms with Gasteiger partial charge in [-0.3, -0.25) is 0 Å². The second-order valence-electron chi connectivity index (χ2n) is 3.47. The van der Waals surface area contributed by atoms with Gasteiger partial charge in [0.25, 0.3) is 0 Å². The lowest BCUT2D eigenvalue weighted by Crippen LogP contribution is -1.94. The lowest BCUT2D eigenvalue weighted by molar-refractivity contribution is 0.410. The van der Waals surface area contributed by atoms with Crippen molar-refractivity contribution in [1.82, 2.24) is 9.97 Å². The maximum atomic E-state index is 5.99. The van der Waals surface area contributed by atoms with Crippen molar-refractivity contribution < 1.29 is 9.47 Å². The Bertz CT molecular complexity index is 628. The van der Waals surface area contributed by atoms with Gasteiger partial charge in [-0.1, -0.05) is 29.9 Å². The summed E-state index contributed by atoms with van der Waals surface area (Å²) in [7, 11) is 3.12. The summed E-state index contributed by atoms with van der Waals surface area (Å²) in [6, 6.07) is 5.42. The minimum absolute atomic E-state index is 0.403. The molecule has 0 bridgehead atoms. The van der Waals surface area contributed by atoms with Gasteiger partial charge in [0.15, 0.2) is 10.4 Å². The first kappa shape index (κ1) is 12.9. The van der Waals surface area contributed by atoms with E-state index < -0.39 is 0 Å². The van der Waals surface area contributed by atoms with E-state index in [4.69, 9.17) is 33.3 Å². The molecule has 0 spiro atoms. The van der Waals surface area contributed by atoms with Gasteiger partial charge in [0.2, 0.25) is 0 Å². The zero-order valence-corrected chi connectivity index (χ0v) is 11.4. The second kappa shape index (κ2) is 5.37. The molecule has 1 aromatic heterocycles. The van der Waals surface area contributed by atoms with Gasteiger partial charge in [0.1, 0.15) is 5.75 Å². The molecule has 1 heterocycles. The fourth-order valence-corrected chi connectivity index (χ4v) is 2.04. The first-order valence-corrected chi connectivity index (χ1v) is 5.91. The summed E-state index contributed by atoms with van der Waals surface area (Å²) in [5, 5.41) is 0.549. The number of ether oxygens (including phenoxy) is 2. The summed E-state index contributed by atoms with van der Waals surface area (Å²) in [4.78, 5) is 6.99. The number of nitrogens with one attached hydrogen (secondary N) is 1. The van der Waals surface area contributed by atoms with Crippen LogP contribution in [0, 0.1) is 4.64 Å². The van der Waals surface area contributed by atoms with E-state index in [1.165, 1.54) is 6.33 Å². The molecule has 0 saturated heterocycles. The van der Waals surface area contributed by atoms with Gasteiger partial charge in [-0.15, -0.1) is 0 Å². The molecular weight excluding hydrogens is 272 g/mol. The molecule has 1 aromatic carbocycles. The Hall–Kier alpha value is -1.59. The molecule has 2 aromatic rings. The fraction of sp³-hybridized carbons (Fsp3) is 0.167. The van der Waals surface area contributed by atoms with Crippen molar-refractivity contribution in [3.63, 3.8) is 0 Å². The SMILES string of the molecule is COc1cc(-c2[nH]cnc(=S)c2OC)ccc1Cl. The van der Waals surface area contributed by atoms with Gasteiger partial charge in [0.05, 0.1) is 31.3 Å². The van der Waals surface area contributed by atoms with Crippen molar-refractivity contribution in [1.29, 1.82) is 0 Å². The monoisotopic (exact) mass is 282 g/mol. The standard InChI is InChI=1S/C12H11ClN2O2S/c1-16-9-5-7(3-4-8(9)13)10-11(17-2)12(18)15-6-14-10/h3-6H,1-2H3,(H,14,15,18). The summed E-state index contributed by atoms with van der Waals surface area (Å²) >= 11 is 11.1. The molecule has 0 aliphatic heterocycles. The third kappa shape index (κ3) is 2.32. The van der Waals surface area contributed by atoms with Crippen molar-refractivity contribution >= 4 is 23.8 Å². The maximum Gasteiger partial charge on any atom is 0.179 e. The highest BCUT2D eigenvalue weighted by Gasteiger charge is 2.10. The van der Waals surface area contributed by atoms with Crippen LogP contribution in [0.15, 0.2) is 24.5 Å². The van der Waals surface area contributed by atoms with Gasteiger partial charge in [-0.05, 0) is 12.1 Å². The smallest absolute Gasteiger partial charge is 0.179 e. The van der Waals surface area contributed by atoms with Crippen LogP contribution in [-0.2, 0) is 0 Å². The van der Waals surface area contributed by atoms with E-state index in [0.29, 0.717) is 21.2 Å². The highest BCUT2D eigenvalue weighted by Crippen LogP contribution is 2.33. The largest absolute Gasteiger partial charge is 0.495 e. The summed E-state index contributed by atoms with van der Waals surface area (Å²) in [5.41, 5.74) is 1.61. The summed E-state index contributed by atoms with van der Waals surface area (Å²) in [5.74, 6) is 1.12. The number of hydrogen-bond acceptors (Lipinski definition) is 4. The quantitative estimate of drug-likeness (QED) is 0.876. The summed E-state index contributed by atoms with van der Waals surface area (Å²) < 4.78 is 10.8. The number of aromatic nitrogens is 2. The highest BCUT2D eigenvalue weighted by molar-refractivity contribution is 7.71. The fourth-order valence-electron chi connectivity index (χ4n) is 1.61. The lowest BCUT2D eigenvalue weighted by atomic mass is 10.1. The van der Waals surface area contributed by atoms with Crippen molar-refractivity contribution in [2.45, 2.75) is 0 Å². The molecule has 0 atom stereocenters. The van der Waals surface area contributed by atoms with Crippen LogP contribution in [0.4, 0.5) is 0 Å². The minimum atomic E-state index is 0.403. The average molecular weight is 283 g/mol. The van der Waals surface area contributed by atoms with E-state index in [2.05, 4.69) is 9.97 Å². The maximum absolute atomic E-state index is 5.99. The molecule has 0 fully saturated rings. The molecule has 0 amide bonds. The zero-order valence-electron chi connectivity index (χ0n) is 9.86. The van der Waals surface area contributed by atoms with E-state index in [1.807, 2.05) is 12.1 Å². The molecule has 0 saturated carbocycles. The van der Waals surface area contributed by atoms with E-state index >= 15 is 0 Å². The summed E-state index contributed by atoms with van der Waals surface area (Å²) in [6.07, 6.45) is 1.53. The minimum Gasteiger partial charge on any atom is -0.495 e. The van der Waals surface area contributed by atoms with Crippen LogP contribution in [0.2, 0.25) is 5.02 Å². The number of nitrogens with zero attached hydrogens (tertiary/aromatic N) is 1. The molecule has 0 unspecified atom stereocenters. The van der Waals surface area contributed by atoms with Gasteiger partial charge in [-0.25, -0.2) is 4.98 Å². The number of halogens is 1. The molecule has 4 nitrogen and oxygen atoms in total. The number of H-pyrrole nitrogens is 1. The molecule has 18 heavy (non-hydrogen) atoms. The van der Waals surface area contributed by atoms with Crippen molar-refractivity contribution in [3.8, 4) is 22.8 Å². The number of hydrogen-bond donors (Lipinski definition) is 1. The third-order valence-electron chi connectivity index (χ3n) is 2.46. The molecule has 2 rings (SSSR count). The third-order valence-corrected chi connectivity index (χ3v) is 3.06. The van der Waals surface area contributed by atoms with Crippen LogP contribution in [0.25, 0.3) is 11.3 Å². The van der Waals surface area contributed by atoms with Gasteiger partial charge < -0.3 is 14.5 Å². The van der Waals surface area contributed by atoms with E-state index in [1.54, 1.807) is 20.3 Å². The van der Waals surface area contributed by atoms with Crippen LogP contribution in [0.1, 0.15) is 0 Å². The molecule has 94 valence electrons. The van der Waals surface area contributed by atoms with E-state index in [-0.39, 0.29) is 0 Å². The Morgan fingerprint density at radius 1 is 1.28 bits per heavy atom. The molecule has 1 N–H and O–H groups in total. The highest BCUT2D eigenvalue weighted by atomic mass is 35.5. The zero-order chi connectivity index (χ0) is 13.1. The lowest BCUT2D eigenvalue weighted by Gasteiger charge is -2.10. The van der Waals surface area contributed by atoms with Crippen LogP contribution in [0.3, 0.4) is 0 Å². The molecular formula is C12H11ClN2O2S. The average Bonchev–Trinajstić information content (AvgIpc) is 2.39. The molecule has 6 heteroatoms. The normalized spacial score (nSPS) is 10.2. The van der Waals surface area contributed by atoms with Crippen molar-refractivity contribution in [3.05, 3.63) is 34.2 Å². The van der Waals surface area contributed by atoms with Crippen LogP contribution < -0.4 is 9.47 Å². The first-order valence-electron chi connectivity index (χ1n) is 5.13. The number of rotatable bonds is 3. The van der Waals surface area contributed by atoms with Crippen LogP contribution >= 0.6 is 23.8 Å². The Kier molecular flexibility index (Phi) is 3.84. The van der Waals surface area contributed by atoms with Crippen LogP contribution in [-0.4, -0.2) is 24.2 Å². The van der Waals surface area contributed by atoms with E-state index in [0.717, 1.165) is 11.3 Å². The Morgan fingerprint density at radius 3 is 2.72 bits per heavy atom. The predicted molar refractivity (Wildman–Crippen MR) is 73.0 cm³/mol. The Labute approximate surface area is 115 Å². The van der Waals surface area contributed by atoms with E-state index in [9.17, 15) is 0 Å². The molecule has 0 radical (unpaired) electrons. The molecule has 0 aliphatic carbocycles. The van der Waals surface area contributed by atoms with Crippen molar-refractivity contribution in [2.75, 3.05) is 14.2 Å². The molecule has 0 aliphatic rings. The van der Waals surface area contributed by atoms with Gasteiger partial charge in [0, 0.05) is 5.56 Å². The Morgan fingerprint density at radius 2 is 2.06 bits per heavy atom. The predicted octanol–water partition coefficient (Wildman–Crippen LogP) is 3.48.